The average molecular weight is 401 g/mol. The Bertz CT molecular complexity index is 789. The molecule has 0 bridgehead atoms. The summed E-state index contributed by atoms with van der Waals surface area (Å²) in [6.07, 6.45) is 1.58. The van der Waals surface area contributed by atoms with Crippen molar-refractivity contribution in [2.24, 2.45) is 0 Å². The molecule has 0 aromatic heterocycles. The highest BCUT2D eigenvalue weighted by Crippen LogP contribution is 2.19. The third-order valence-corrected chi connectivity index (χ3v) is 5.08. The molecule has 0 aliphatic rings. The van der Waals surface area contributed by atoms with Crippen LogP contribution in [0, 0.1) is 6.92 Å². The van der Waals surface area contributed by atoms with Crippen LogP contribution in [0.5, 0.6) is 0 Å². The number of benzene rings is 2. The predicted molar refractivity (Wildman–Crippen MR) is 114 cm³/mol. The summed E-state index contributed by atoms with van der Waals surface area (Å²) >= 11 is 6.25. The summed E-state index contributed by atoms with van der Waals surface area (Å²) in [6, 6.07) is 14.9. The third kappa shape index (κ3) is 6.10. The van der Waals surface area contributed by atoms with E-state index in [1.165, 1.54) is 0 Å². The fourth-order valence-electron chi connectivity index (χ4n) is 3.08. The molecule has 0 fully saturated rings. The molecule has 0 spiro atoms. The second-order valence-corrected chi connectivity index (χ2v) is 7.40. The van der Waals surface area contributed by atoms with Crippen molar-refractivity contribution >= 4 is 23.4 Å². The molecule has 0 saturated heterocycles. The summed E-state index contributed by atoms with van der Waals surface area (Å²) in [5.41, 5.74) is 2.93. The highest BCUT2D eigenvalue weighted by atomic mass is 35.5. The van der Waals surface area contributed by atoms with Gasteiger partial charge >= 0.3 is 0 Å². The predicted octanol–water partition coefficient (Wildman–Crippen LogP) is 4.52. The van der Waals surface area contributed by atoms with E-state index >= 15 is 0 Å². The van der Waals surface area contributed by atoms with E-state index in [4.69, 9.17) is 11.6 Å². The second kappa shape index (κ2) is 10.9. The van der Waals surface area contributed by atoms with Crippen molar-refractivity contribution in [1.82, 2.24) is 10.2 Å². The Morgan fingerprint density at radius 2 is 1.75 bits per heavy atom. The first-order valence-electron chi connectivity index (χ1n) is 9.82. The number of amides is 2. The van der Waals surface area contributed by atoms with Gasteiger partial charge in [0.05, 0.1) is 6.42 Å². The van der Waals surface area contributed by atoms with Crippen LogP contribution in [0.3, 0.4) is 0 Å². The second-order valence-electron chi connectivity index (χ2n) is 6.99. The Morgan fingerprint density at radius 1 is 1.07 bits per heavy atom. The zero-order valence-electron chi connectivity index (χ0n) is 16.9. The van der Waals surface area contributed by atoms with E-state index in [0.29, 0.717) is 24.5 Å². The minimum absolute atomic E-state index is 0.104. The van der Waals surface area contributed by atoms with E-state index in [2.05, 4.69) is 5.32 Å². The lowest BCUT2D eigenvalue weighted by atomic mass is 10.1. The minimum atomic E-state index is -0.511. The minimum Gasteiger partial charge on any atom is -0.354 e. The van der Waals surface area contributed by atoms with Gasteiger partial charge in [-0.3, -0.25) is 9.59 Å². The van der Waals surface area contributed by atoms with Crippen molar-refractivity contribution in [1.29, 1.82) is 0 Å². The van der Waals surface area contributed by atoms with E-state index in [9.17, 15) is 9.59 Å². The summed E-state index contributed by atoms with van der Waals surface area (Å²) < 4.78 is 0. The first kappa shape index (κ1) is 22.0. The molecule has 0 heterocycles. The molecule has 5 heteroatoms. The van der Waals surface area contributed by atoms with Crippen LogP contribution in [0.25, 0.3) is 0 Å². The molecule has 0 aliphatic heterocycles. The van der Waals surface area contributed by atoms with E-state index in [1.54, 1.807) is 11.0 Å². The van der Waals surface area contributed by atoms with Gasteiger partial charge in [0.1, 0.15) is 6.04 Å². The molecule has 2 amide bonds. The maximum absolute atomic E-state index is 13.2. The molecule has 1 atom stereocenters. The fraction of sp³-hybridized carbons (Fsp3) is 0.391. The van der Waals surface area contributed by atoms with Crippen molar-refractivity contribution in [2.75, 3.05) is 6.54 Å². The van der Waals surface area contributed by atoms with Crippen molar-refractivity contribution in [3.05, 3.63) is 70.2 Å². The van der Waals surface area contributed by atoms with E-state index in [-0.39, 0.29) is 18.2 Å². The highest BCUT2D eigenvalue weighted by Gasteiger charge is 2.28. The number of nitrogens with zero attached hydrogens (tertiary/aromatic N) is 1. The number of hydrogen-bond donors (Lipinski definition) is 1. The van der Waals surface area contributed by atoms with Crippen LogP contribution in [0.4, 0.5) is 0 Å². The number of hydrogen-bond acceptors (Lipinski definition) is 2. The smallest absolute Gasteiger partial charge is 0.242 e. The summed E-state index contributed by atoms with van der Waals surface area (Å²) in [7, 11) is 0. The van der Waals surface area contributed by atoms with Crippen molar-refractivity contribution in [2.45, 2.75) is 52.6 Å². The van der Waals surface area contributed by atoms with Crippen LogP contribution < -0.4 is 5.32 Å². The highest BCUT2D eigenvalue weighted by molar-refractivity contribution is 6.31. The van der Waals surface area contributed by atoms with Crippen LogP contribution in [-0.4, -0.2) is 29.3 Å². The Hall–Kier alpha value is -2.33. The molecule has 150 valence electrons. The average Bonchev–Trinajstić information content (AvgIpc) is 2.69. The summed E-state index contributed by atoms with van der Waals surface area (Å²) in [6.45, 7) is 6.96. The lowest BCUT2D eigenvalue weighted by Crippen LogP contribution is -2.49. The maximum atomic E-state index is 13.2. The molecular formula is C23H29ClN2O2. The number of carbonyl (C=O) groups excluding carboxylic acids is 2. The van der Waals surface area contributed by atoms with Gasteiger partial charge in [-0.2, -0.15) is 0 Å². The Morgan fingerprint density at radius 3 is 2.36 bits per heavy atom. The van der Waals surface area contributed by atoms with E-state index < -0.39 is 6.04 Å². The molecule has 2 rings (SSSR count). The van der Waals surface area contributed by atoms with Crippen LogP contribution >= 0.6 is 11.6 Å². The van der Waals surface area contributed by atoms with E-state index in [0.717, 1.165) is 23.1 Å². The summed E-state index contributed by atoms with van der Waals surface area (Å²) in [5.74, 6) is -0.212. The van der Waals surface area contributed by atoms with Crippen LogP contribution in [-0.2, 0) is 22.6 Å². The lowest BCUT2D eigenvalue weighted by Gasteiger charge is -2.31. The molecule has 0 unspecified atom stereocenters. The van der Waals surface area contributed by atoms with Gasteiger partial charge in [0, 0.05) is 18.1 Å². The van der Waals surface area contributed by atoms with Crippen LogP contribution in [0.1, 0.15) is 43.4 Å². The van der Waals surface area contributed by atoms with Crippen LogP contribution in [0.15, 0.2) is 48.5 Å². The van der Waals surface area contributed by atoms with Gasteiger partial charge in [0.25, 0.3) is 0 Å². The van der Waals surface area contributed by atoms with Crippen LogP contribution in [0.2, 0.25) is 5.02 Å². The first-order chi connectivity index (χ1) is 13.5. The molecule has 0 aliphatic carbocycles. The number of nitrogens with one attached hydrogen (secondary N) is 1. The number of halogens is 1. The molecular weight excluding hydrogens is 372 g/mol. The topological polar surface area (TPSA) is 49.4 Å². The molecule has 1 N–H and O–H groups in total. The van der Waals surface area contributed by atoms with Gasteiger partial charge in [-0.05, 0) is 37.0 Å². The zero-order chi connectivity index (χ0) is 20.5. The van der Waals surface area contributed by atoms with Gasteiger partial charge in [-0.15, -0.1) is 0 Å². The SMILES string of the molecule is CCCNC(=O)[C@@H](CC)N(Cc1ccc(C)cc1)C(=O)Cc1ccccc1Cl. The van der Waals surface area contributed by atoms with Gasteiger partial charge < -0.3 is 10.2 Å². The Labute approximate surface area is 172 Å². The van der Waals surface area contributed by atoms with Gasteiger partial charge in [-0.1, -0.05) is 73.5 Å². The molecule has 2 aromatic rings. The Balaban J connectivity index is 2.27. The van der Waals surface area contributed by atoms with Crippen molar-refractivity contribution in [3.8, 4) is 0 Å². The van der Waals surface area contributed by atoms with Gasteiger partial charge in [0.15, 0.2) is 0 Å². The van der Waals surface area contributed by atoms with Crippen molar-refractivity contribution < 1.29 is 9.59 Å². The van der Waals surface area contributed by atoms with Gasteiger partial charge in [-0.25, -0.2) is 0 Å². The molecule has 4 nitrogen and oxygen atoms in total. The van der Waals surface area contributed by atoms with E-state index in [1.807, 2.05) is 63.2 Å². The number of rotatable bonds is 9. The molecule has 28 heavy (non-hydrogen) atoms. The standard InChI is InChI=1S/C23H29ClN2O2/c1-4-14-25-23(28)21(5-2)26(16-18-12-10-17(3)11-13-18)22(27)15-19-8-6-7-9-20(19)24/h6-13,21H,4-5,14-16H2,1-3H3,(H,25,28)/t21-/m1/s1. The quantitative estimate of drug-likeness (QED) is 0.672. The van der Waals surface area contributed by atoms with Crippen molar-refractivity contribution in [3.63, 3.8) is 0 Å². The molecule has 2 aromatic carbocycles. The Kier molecular flexibility index (Phi) is 8.52. The lowest BCUT2D eigenvalue weighted by molar-refractivity contribution is -0.140. The fourth-order valence-corrected chi connectivity index (χ4v) is 3.28. The normalized spacial score (nSPS) is 11.7. The number of aryl methyl sites for hydroxylation is 1. The monoisotopic (exact) mass is 400 g/mol. The molecule has 0 radical (unpaired) electrons. The maximum Gasteiger partial charge on any atom is 0.242 e. The summed E-state index contributed by atoms with van der Waals surface area (Å²) in [5, 5.41) is 3.49. The number of carbonyl (C=O) groups is 2. The first-order valence-corrected chi connectivity index (χ1v) is 10.2. The zero-order valence-corrected chi connectivity index (χ0v) is 17.6. The largest absolute Gasteiger partial charge is 0.354 e. The molecule has 0 saturated carbocycles. The summed E-state index contributed by atoms with van der Waals surface area (Å²) in [4.78, 5) is 27.6. The third-order valence-electron chi connectivity index (χ3n) is 4.71. The van der Waals surface area contributed by atoms with Gasteiger partial charge in [0.2, 0.25) is 11.8 Å².